The lowest BCUT2D eigenvalue weighted by Gasteiger charge is -2.02. The molecule has 0 amide bonds. The van der Waals surface area contributed by atoms with Crippen molar-refractivity contribution in [2.75, 3.05) is 0 Å². The van der Waals surface area contributed by atoms with Gasteiger partial charge >= 0.3 is 0 Å². The van der Waals surface area contributed by atoms with Crippen LogP contribution < -0.4 is 5.11 Å². The summed E-state index contributed by atoms with van der Waals surface area (Å²) in [5.74, 6) is -1.14. The van der Waals surface area contributed by atoms with E-state index < -0.39 is 5.97 Å². The molecule has 1 aromatic carbocycles. The minimum Gasteiger partial charge on any atom is -0.545 e. The molecule has 0 spiro atoms. The second-order valence-electron chi connectivity index (χ2n) is 2.85. The molecule has 1 aliphatic heterocycles. The molecule has 2 rings (SSSR count). The molecule has 0 saturated carbocycles. The van der Waals surface area contributed by atoms with Gasteiger partial charge in [0.25, 0.3) is 0 Å². The molecule has 70 valence electrons. The van der Waals surface area contributed by atoms with Gasteiger partial charge in [-0.3, -0.25) is 0 Å². The van der Waals surface area contributed by atoms with Gasteiger partial charge in [0, 0.05) is 4.90 Å². The first-order valence-electron chi connectivity index (χ1n) is 4.12. The van der Waals surface area contributed by atoms with E-state index in [0.717, 1.165) is 10.5 Å². The van der Waals surface area contributed by atoms with Crippen LogP contribution in [0, 0.1) is 0 Å². The Morgan fingerprint density at radius 1 is 1.29 bits per heavy atom. The van der Waals surface area contributed by atoms with Crippen molar-refractivity contribution in [2.45, 2.75) is 4.90 Å². The van der Waals surface area contributed by atoms with Crippen molar-refractivity contribution in [2.24, 2.45) is 0 Å². The minimum atomic E-state index is -1.14. The van der Waals surface area contributed by atoms with Crippen LogP contribution in [0.5, 0.6) is 0 Å². The molecule has 1 heterocycles. The Bertz CT molecular complexity index is 433. The SMILES string of the molecule is O=C([O-])C1=Cc2ccccc2SC=C1. The second kappa shape index (κ2) is 3.72. The third-order valence-corrected chi connectivity index (χ3v) is 2.81. The lowest BCUT2D eigenvalue weighted by molar-refractivity contribution is -0.298. The van der Waals surface area contributed by atoms with E-state index in [0.29, 0.717) is 0 Å². The molecular formula is C11H7O2S-. The van der Waals surface area contributed by atoms with Gasteiger partial charge in [-0.15, -0.1) is 0 Å². The van der Waals surface area contributed by atoms with Gasteiger partial charge < -0.3 is 9.90 Å². The molecule has 0 N–H and O–H groups in total. The third-order valence-electron chi connectivity index (χ3n) is 1.91. The highest BCUT2D eigenvalue weighted by Crippen LogP contribution is 2.28. The first-order valence-corrected chi connectivity index (χ1v) is 5.00. The number of carbonyl (C=O) groups excluding carboxylic acids is 1. The van der Waals surface area contributed by atoms with Gasteiger partial charge in [0.1, 0.15) is 0 Å². The average Bonchev–Trinajstić information content (AvgIpc) is 2.39. The summed E-state index contributed by atoms with van der Waals surface area (Å²) < 4.78 is 0. The van der Waals surface area contributed by atoms with Crippen molar-refractivity contribution in [3.63, 3.8) is 0 Å². The minimum absolute atomic E-state index is 0.211. The summed E-state index contributed by atoms with van der Waals surface area (Å²) >= 11 is 1.51. The van der Waals surface area contributed by atoms with E-state index >= 15 is 0 Å². The number of hydrogen-bond acceptors (Lipinski definition) is 3. The van der Waals surface area contributed by atoms with Crippen LogP contribution in [0.1, 0.15) is 5.56 Å². The van der Waals surface area contributed by atoms with Gasteiger partial charge in [-0.2, -0.15) is 0 Å². The quantitative estimate of drug-likeness (QED) is 0.693. The summed E-state index contributed by atoms with van der Waals surface area (Å²) in [4.78, 5) is 11.7. The second-order valence-corrected chi connectivity index (χ2v) is 3.79. The van der Waals surface area contributed by atoms with Gasteiger partial charge in [0.2, 0.25) is 0 Å². The van der Waals surface area contributed by atoms with Gasteiger partial charge in [-0.1, -0.05) is 30.0 Å². The van der Waals surface area contributed by atoms with Crippen molar-refractivity contribution in [1.29, 1.82) is 0 Å². The summed E-state index contributed by atoms with van der Waals surface area (Å²) in [6, 6.07) is 7.66. The number of fused-ring (bicyclic) bond motifs is 1. The van der Waals surface area contributed by atoms with Crippen LogP contribution in [0.15, 0.2) is 46.2 Å². The van der Waals surface area contributed by atoms with E-state index in [1.807, 2.05) is 24.3 Å². The molecule has 0 unspecified atom stereocenters. The highest BCUT2D eigenvalue weighted by Gasteiger charge is 2.04. The van der Waals surface area contributed by atoms with Crippen molar-refractivity contribution in [1.82, 2.24) is 0 Å². The number of thioether (sulfide) groups is 1. The number of carboxylic acid groups (broad SMARTS) is 1. The maximum absolute atomic E-state index is 10.7. The Hall–Kier alpha value is -1.48. The molecule has 1 aromatic rings. The summed E-state index contributed by atoms with van der Waals surface area (Å²) in [6.45, 7) is 0. The van der Waals surface area contributed by atoms with Gasteiger partial charge in [0.05, 0.1) is 5.97 Å². The number of carboxylic acids is 1. The van der Waals surface area contributed by atoms with Gasteiger partial charge in [-0.25, -0.2) is 0 Å². The molecule has 2 nitrogen and oxygen atoms in total. The number of carbonyl (C=O) groups is 1. The van der Waals surface area contributed by atoms with Crippen LogP contribution >= 0.6 is 11.8 Å². The fraction of sp³-hybridized carbons (Fsp3) is 0. The molecule has 0 fully saturated rings. The molecule has 0 radical (unpaired) electrons. The summed E-state index contributed by atoms with van der Waals surface area (Å²) in [5, 5.41) is 12.4. The standard InChI is InChI=1S/C11H8O2S/c12-11(13)9-5-6-14-10-4-2-1-3-8(10)7-9/h1-7H,(H,12,13)/p-1. The predicted molar refractivity (Wildman–Crippen MR) is 54.4 cm³/mol. The first-order chi connectivity index (χ1) is 6.77. The van der Waals surface area contributed by atoms with Crippen molar-refractivity contribution in [3.05, 3.63) is 46.9 Å². The van der Waals surface area contributed by atoms with Crippen LogP contribution in [0.3, 0.4) is 0 Å². The molecular weight excluding hydrogens is 196 g/mol. The fourth-order valence-electron chi connectivity index (χ4n) is 1.23. The molecule has 1 aliphatic rings. The molecule has 14 heavy (non-hydrogen) atoms. The van der Waals surface area contributed by atoms with E-state index in [2.05, 4.69) is 0 Å². The van der Waals surface area contributed by atoms with Crippen molar-refractivity contribution >= 4 is 23.8 Å². The predicted octanol–water partition coefficient (Wildman–Crippen LogP) is 1.44. The Kier molecular flexibility index (Phi) is 2.41. The van der Waals surface area contributed by atoms with Crippen LogP contribution in [-0.2, 0) is 4.79 Å². The maximum atomic E-state index is 10.7. The van der Waals surface area contributed by atoms with Crippen molar-refractivity contribution < 1.29 is 9.90 Å². The highest BCUT2D eigenvalue weighted by molar-refractivity contribution is 8.02. The van der Waals surface area contributed by atoms with E-state index in [9.17, 15) is 9.90 Å². The summed E-state index contributed by atoms with van der Waals surface area (Å²) in [7, 11) is 0. The molecule has 0 saturated heterocycles. The van der Waals surface area contributed by atoms with Crippen LogP contribution in [0.4, 0.5) is 0 Å². The normalized spacial score (nSPS) is 14.1. The zero-order valence-corrected chi connectivity index (χ0v) is 8.08. The zero-order chi connectivity index (χ0) is 9.97. The van der Waals surface area contributed by atoms with Gasteiger partial charge in [0.15, 0.2) is 0 Å². The molecule has 0 aliphatic carbocycles. The number of aliphatic carboxylic acids is 1. The Balaban J connectivity index is 2.51. The molecule has 0 atom stereocenters. The molecule has 0 bridgehead atoms. The monoisotopic (exact) mass is 203 g/mol. The Labute approximate surface area is 85.9 Å². The van der Waals surface area contributed by atoms with Crippen molar-refractivity contribution in [3.8, 4) is 0 Å². The number of benzene rings is 1. The fourth-order valence-corrected chi connectivity index (χ4v) is 2.01. The highest BCUT2D eigenvalue weighted by atomic mass is 32.2. The Morgan fingerprint density at radius 3 is 2.86 bits per heavy atom. The largest absolute Gasteiger partial charge is 0.545 e. The van der Waals surface area contributed by atoms with Crippen LogP contribution in [0.25, 0.3) is 6.08 Å². The summed E-state index contributed by atoms with van der Waals surface area (Å²) in [5.41, 5.74) is 1.13. The third kappa shape index (κ3) is 1.72. The van der Waals surface area contributed by atoms with Crippen LogP contribution in [0.2, 0.25) is 0 Å². The lowest BCUT2D eigenvalue weighted by atomic mass is 10.1. The summed E-state index contributed by atoms with van der Waals surface area (Å²) in [6.07, 6.45) is 3.18. The van der Waals surface area contributed by atoms with Gasteiger partial charge in [-0.05, 0) is 34.8 Å². The van der Waals surface area contributed by atoms with E-state index in [1.54, 1.807) is 17.6 Å². The van der Waals surface area contributed by atoms with Crippen LogP contribution in [-0.4, -0.2) is 5.97 Å². The molecule has 3 heteroatoms. The maximum Gasteiger partial charge on any atom is 0.0715 e. The smallest absolute Gasteiger partial charge is 0.0715 e. The van der Waals surface area contributed by atoms with E-state index in [1.165, 1.54) is 11.8 Å². The van der Waals surface area contributed by atoms with E-state index in [-0.39, 0.29) is 5.57 Å². The zero-order valence-electron chi connectivity index (χ0n) is 7.27. The topological polar surface area (TPSA) is 40.1 Å². The number of rotatable bonds is 1. The lowest BCUT2D eigenvalue weighted by Crippen LogP contribution is -2.23. The molecule has 0 aromatic heterocycles. The number of hydrogen-bond donors (Lipinski definition) is 0. The Morgan fingerprint density at radius 2 is 2.07 bits per heavy atom. The first kappa shape index (κ1) is 9.09. The van der Waals surface area contributed by atoms with E-state index in [4.69, 9.17) is 0 Å². The average molecular weight is 203 g/mol.